The Bertz CT molecular complexity index is 897. The van der Waals surface area contributed by atoms with E-state index in [2.05, 4.69) is 4.98 Å². The van der Waals surface area contributed by atoms with Gasteiger partial charge in [-0.15, -0.1) is 12.4 Å². The molecule has 2 heterocycles. The van der Waals surface area contributed by atoms with Gasteiger partial charge in [-0.1, -0.05) is 0 Å². The first kappa shape index (κ1) is 20.2. The highest BCUT2D eigenvalue weighted by Gasteiger charge is 2.41. The van der Waals surface area contributed by atoms with Gasteiger partial charge in [-0.3, -0.25) is 10.0 Å². The molecule has 0 saturated heterocycles. The molecule has 0 fully saturated rings. The maximum absolute atomic E-state index is 13.1. The van der Waals surface area contributed by atoms with Crippen LogP contribution in [0.25, 0.3) is 0 Å². The molecule has 1 aliphatic heterocycles. The van der Waals surface area contributed by atoms with Gasteiger partial charge in [0.15, 0.2) is 0 Å². The van der Waals surface area contributed by atoms with Crippen LogP contribution in [0.15, 0.2) is 35.5 Å². The standard InChI is InChI=1S/C15H18N4O5S.ClH/c1-18-9-16-12-7-13(15(20)17-21)19(8-14(12)18)25(22,23)11-5-3-10(24-2)4-6-11;/h3-6,9,13,21H,7-8H2,1-2H3,(H,17,20);1H/t13-;/m1./s1. The maximum atomic E-state index is 13.1. The number of hydrogen-bond donors (Lipinski definition) is 2. The van der Waals surface area contributed by atoms with E-state index in [0.29, 0.717) is 17.1 Å². The smallest absolute Gasteiger partial charge is 0.262 e. The van der Waals surface area contributed by atoms with Crippen LogP contribution in [-0.4, -0.2) is 46.5 Å². The Hall–Kier alpha value is -2.14. The molecule has 1 atom stereocenters. The maximum Gasteiger partial charge on any atom is 0.262 e. The Morgan fingerprint density at radius 3 is 2.58 bits per heavy atom. The van der Waals surface area contributed by atoms with E-state index in [1.807, 2.05) is 0 Å². The molecule has 2 aromatic rings. The monoisotopic (exact) mass is 402 g/mol. The Kier molecular flexibility index (Phi) is 5.91. The highest BCUT2D eigenvalue weighted by atomic mass is 35.5. The number of halogens is 1. The van der Waals surface area contributed by atoms with Crippen LogP contribution in [0.2, 0.25) is 0 Å². The zero-order valence-corrected chi connectivity index (χ0v) is 15.7. The van der Waals surface area contributed by atoms with Crippen molar-refractivity contribution in [2.75, 3.05) is 7.11 Å². The lowest BCUT2D eigenvalue weighted by atomic mass is 10.0. The number of nitrogens with zero attached hydrogens (tertiary/aromatic N) is 3. The number of methoxy groups -OCH3 is 1. The summed E-state index contributed by atoms with van der Waals surface area (Å²) in [5.41, 5.74) is 2.89. The lowest BCUT2D eigenvalue weighted by molar-refractivity contribution is -0.133. The zero-order valence-electron chi connectivity index (χ0n) is 14.1. The van der Waals surface area contributed by atoms with Crippen LogP contribution in [0.3, 0.4) is 0 Å². The minimum absolute atomic E-state index is 0. The van der Waals surface area contributed by atoms with Crippen LogP contribution in [0.1, 0.15) is 11.4 Å². The highest BCUT2D eigenvalue weighted by molar-refractivity contribution is 7.89. The predicted molar refractivity (Wildman–Crippen MR) is 93.6 cm³/mol. The third-order valence-corrected chi connectivity index (χ3v) is 6.13. The number of ether oxygens (including phenoxy) is 1. The van der Waals surface area contributed by atoms with Crippen LogP contribution < -0.4 is 10.2 Å². The third kappa shape index (κ3) is 3.40. The summed E-state index contributed by atoms with van der Waals surface area (Å²) in [6.45, 7) is -0.0156. The third-order valence-electron chi connectivity index (χ3n) is 4.26. The average Bonchev–Trinajstić information content (AvgIpc) is 3.00. The van der Waals surface area contributed by atoms with Crippen molar-refractivity contribution in [1.29, 1.82) is 0 Å². The molecule has 11 heteroatoms. The summed E-state index contributed by atoms with van der Waals surface area (Å²) in [5.74, 6) is -0.274. The van der Waals surface area contributed by atoms with Gasteiger partial charge >= 0.3 is 0 Å². The number of carbonyl (C=O) groups is 1. The first-order valence-corrected chi connectivity index (χ1v) is 8.91. The molecule has 1 aliphatic rings. The van der Waals surface area contributed by atoms with Gasteiger partial charge in [0.05, 0.1) is 36.3 Å². The molecule has 0 saturated carbocycles. The molecule has 142 valence electrons. The molecular weight excluding hydrogens is 384 g/mol. The van der Waals surface area contributed by atoms with Gasteiger partial charge in [-0.2, -0.15) is 4.31 Å². The van der Waals surface area contributed by atoms with E-state index < -0.39 is 22.0 Å². The zero-order chi connectivity index (χ0) is 18.2. The number of amides is 1. The average molecular weight is 403 g/mol. The summed E-state index contributed by atoms with van der Waals surface area (Å²) in [7, 11) is -0.718. The number of imidazole rings is 1. The number of benzene rings is 1. The van der Waals surface area contributed by atoms with Crippen molar-refractivity contribution in [1.82, 2.24) is 19.3 Å². The molecule has 0 bridgehead atoms. The molecule has 2 N–H and O–H groups in total. The van der Waals surface area contributed by atoms with Crippen molar-refractivity contribution in [2.24, 2.45) is 7.05 Å². The fourth-order valence-electron chi connectivity index (χ4n) is 2.85. The first-order valence-electron chi connectivity index (χ1n) is 7.47. The molecule has 1 amide bonds. The molecule has 0 spiro atoms. The Labute approximate surface area is 157 Å². The minimum atomic E-state index is -3.96. The van der Waals surface area contributed by atoms with E-state index in [4.69, 9.17) is 9.94 Å². The van der Waals surface area contributed by atoms with E-state index in [0.717, 1.165) is 4.31 Å². The van der Waals surface area contributed by atoms with E-state index in [-0.39, 0.29) is 30.3 Å². The van der Waals surface area contributed by atoms with Crippen molar-refractivity contribution < 1.29 is 23.2 Å². The van der Waals surface area contributed by atoms with Gasteiger partial charge in [-0.25, -0.2) is 18.9 Å². The molecule has 3 rings (SSSR count). The largest absolute Gasteiger partial charge is 0.497 e. The second-order valence-electron chi connectivity index (χ2n) is 5.67. The van der Waals surface area contributed by atoms with Crippen LogP contribution in [0, 0.1) is 0 Å². The quantitative estimate of drug-likeness (QED) is 0.567. The number of hydrogen-bond acceptors (Lipinski definition) is 6. The number of nitrogens with one attached hydrogen (secondary N) is 1. The summed E-state index contributed by atoms with van der Waals surface area (Å²) >= 11 is 0. The van der Waals surface area contributed by atoms with Crippen LogP contribution >= 0.6 is 12.4 Å². The van der Waals surface area contributed by atoms with Gasteiger partial charge in [0.1, 0.15) is 11.8 Å². The van der Waals surface area contributed by atoms with Gasteiger partial charge in [0.25, 0.3) is 5.91 Å². The van der Waals surface area contributed by atoms with Gasteiger partial charge in [-0.05, 0) is 24.3 Å². The second kappa shape index (κ2) is 7.62. The Morgan fingerprint density at radius 2 is 2.00 bits per heavy atom. The second-order valence-corrected chi connectivity index (χ2v) is 7.56. The van der Waals surface area contributed by atoms with E-state index >= 15 is 0 Å². The van der Waals surface area contributed by atoms with Crippen LogP contribution in [-0.2, 0) is 34.8 Å². The predicted octanol–water partition coefficient (Wildman–Crippen LogP) is 0.472. The number of aryl methyl sites for hydroxylation is 1. The molecule has 0 radical (unpaired) electrons. The van der Waals surface area contributed by atoms with Crippen molar-refractivity contribution >= 4 is 28.3 Å². The lowest BCUT2D eigenvalue weighted by Crippen LogP contribution is -2.52. The number of sulfonamides is 1. The SMILES string of the molecule is COc1ccc(S(=O)(=O)N2Cc3c(ncn3C)C[C@@H]2C(=O)NO)cc1.Cl. The van der Waals surface area contributed by atoms with E-state index in [9.17, 15) is 13.2 Å². The number of hydroxylamine groups is 1. The number of aromatic nitrogens is 2. The summed E-state index contributed by atoms with van der Waals surface area (Å²) in [4.78, 5) is 16.3. The van der Waals surface area contributed by atoms with Crippen molar-refractivity contribution in [2.45, 2.75) is 23.9 Å². The number of carbonyl (C=O) groups excluding carboxylic acids is 1. The van der Waals surface area contributed by atoms with Crippen molar-refractivity contribution in [3.8, 4) is 5.75 Å². The van der Waals surface area contributed by atoms with Crippen molar-refractivity contribution in [3.63, 3.8) is 0 Å². The highest BCUT2D eigenvalue weighted by Crippen LogP contribution is 2.29. The summed E-state index contributed by atoms with van der Waals surface area (Å²) in [6.07, 6.45) is 1.65. The molecule has 26 heavy (non-hydrogen) atoms. The molecular formula is C15H19ClN4O5S. The number of rotatable bonds is 4. The molecule has 9 nitrogen and oxygen atoms in total. The van der Waals surface area contributed by atoms with Crippen molar-refractivity contribution in [3.05, 3.63) is 42.0 Å². The normalized spacial score (nSPS) is 17.1. The van der Waals surface area contributed by atoms with Crippen LogP contribution in [0.4, 0.5) is 0 Å². The fraction of sp³-hybridized carbons (Fsp3) is 0.333. The Morgan fingerprint density at radius 1 is 1.35 bits per heavy atom. The fourth-order valence-corrected chi connectivity index (χ4v) is 4.40. The number of fused-ring (bicyclic) bond motifs is 1. The molecule has 1 aromatic heterocycles. The lowest BCUT2D eigenvalue weighted by Gasteiger charge is -2.33. The van der Waals surface area contributed by atoms with E-state index in [1.165, 1.54) is 31.4 Å². The van der Waals surface area contributed by atoms with E-state index in [1.54, 1.807) is 23.4 Å². The summed E-state index contributed by atoms with van der Waals surface area (Å²) in [5, 5.41) is 9.00. The first-order chi connectivity index (χ1) is 11.9. The van der Waals surface area contributed by atoms with Crippen LogP contribution in [0.5, 0.6) is 5.75 Å². The molecule has 0 unspecified atom stereocenters. The summed E-state index contributed by atoms with van der Waals surface area (Å²) < 4.78 is 33.9. The molecule has 1 aromatic carbocycles. The van der Waals surface area contributed by atoms with Gasteiger partial charge < -0.3 is 9.30 Å². The Balaban J connectivity index is 0.00000243. The summed E-state index contributed by atoms with van der Waals surface area (Å²) in [6, 6.07) is 4.82. The van der Waals surface area contributed by atoms with Gasteiger partial charge in [0.2, 0.25) is 10.0 Å². The molecule has 0 aliphatic carbocycles. The topological polar surface area (TPSA) is 114 Å². The minimum Gasteiger partial charge on any atom is -0.497 e. The van der Waals surface area contributed by atoms with Gasteiger partial charge in [0, 0.05) is 13.5 Å².